The van der Waals surface area contributed by atoms with E-state index in [4.69, 9.17) is 0 Å². The quantitative estimate of drug-likeness (QED) is 0.831. The van der Waals surface area contributed by atoms with E-state index in [1.54, 1.807) is 24.3 Å². The number of nitrogens with one attached hydrogen (secondary N) is 2. The van der Waals surface area contributed by atoms with Gasteiger partial charge in [-0.25, -0.2) is 13.1 Å². The molecule has 1 aliphatic carbocycles. The van der Waals surface area contributed by atoms with Crippen LogP contribution in [0, 0.1) is 5.92 Å². The van der Waals surface area contributed by atoms with Crippen molar-refractivity contribution < 1.29 is 8.42 Å². The number of sulfonamides is 1. The zero-order valence-corrected chi connectivity index (χ0v) is 11.6. The Hall–Kier alpha value is -1.07. The molecule has 0 radical (unpaired) electrons. The van der Waals surface area contributed by atoms with Gasteiger partial charge in [0.2, 0.25) is 10.0 Å². The Kier molecular flexibility index (Phi) is 3.92. The van der Waals surface area contributed by atoms with Gasteiger partial charge in [0.25, 0.3) is 0 Å². The molecule has 1 aromatic rings. The summed E-state index contributed by atoms with van der Waals surface area (Å²) in [6.07, 6.45) is 2.00. The van der Waals surface area contributed by atoms with Gasteiger partial charge in [-0.05, 0) is 43.5 Å². The van der Waals surface area contributed by atoms with Crippen LogP contribution in [0.2, 0.25) is 0 Å². The van der Waals surface area contributed by atoms with Crippen molar-refractivity contribution in [3.63, 3.8) is 0 Å². The molecule has 5 heteroatoms. The summed E-state index contributed by atoms with van der Waals surface area (Å²) >= 11 is 0. The van der Waals surface area contributed by atoms with E-state index in [0.29, 0.717) is 10.8 Å². The number of hydrogen-bond donors (Lipinski definition) is 2. The monoisotopic (exact) mass is 268 g/mol. The van der Waals surface area contributed by atoms with Gasteiger partial charge >= 0.3 is 0 Å². The Morgan fingerprint density at radius 3 is 2.39 bits per heavy atom. The van der Waals surface area contributed by atoms with Gasteiger partial charge in [0.1, 0.15) is 0 Å². The molecule has 0 spiro atoms. The fourth-order valence-corrected chi connectivity index (χ4v) is 3.38. The normalized spacial score (nSPS) is 22.8. The van der Waals surface area contributed by atoms with E-state index in [1.807, 2.05) is 6.92 Å². The molecular weight excluding hydrogens is 248 g/mol. The van der Waals surface area contributed by atoms with Crippen LogP contribution in [-0.2, 0) is 10.0 Å². The first-order valence-corrected chi connectivity index (χ1v) is 7.91. The van der Waals surface area contributed by atoms with Gasteiger partial charge in [-0.1, -0.05) is 13.3 Å². The summed E-state index contributed by atoms with van der Waals surface area (Å²) in [6, 6.07) is 7.01. The number of anilines is 1. The van der Waals surface area contributed by atoms with Crippen molar-refractivity contribution in [1.82, 2.24) is 4.72 Å². The molecule has 0 heterocycles. The van der Waals surface area contributed by atoms with Gasteiger partial charge in [0, 0.05) is 18.3 Å². The summed E-state index contributed by atoms with van der Waals surface area (Å²) in [6.45, 7) is 4.92. The molecule has 4 nitrogen and oxygen atoms in total. The molecule has 0 aromatic heterocycles. The first-order valence-electron chi connectivity index (χ1n) is 6.43. The van der Waals surface area contributed by atoms with Crippen molar-refractivity contribution in [1.29, 1.82) is 0 Å². The van der Waals surface area contributed by atoms with E-state index in [9.17, 15) is 8.42 Å². The van der Waals surface area contributed by atoms with E-state index in [2.05, 4.69) is 17.0 Å². The molecule has 1 fully saturated rings. The molecule has 1 saturated carbocycles. The Morgan fingerprint density at radius 1 is 1.22 bits per heavy atom. The minimum absolute atomic E-state index is 0.133. The third-order valence-electron chi connectivity index (χ3n) is 3.30. The molecule has 2 rings (SSSR count). The maximum absolute atomic E-state index is 12.1. The minimum Gasteiger partial charge on any atom is -0.385 e. The zero-order valence-electron chi connectivity index (χ0n) is 10.8. The molecular formula is C13H20N2O2S. The standard InChI is InChI=1S/C13H20N2O2S/c1-3-10-9-13(10)15-18(16,17)12-7-5-11(6-8-12)14-4-2/h5-8,10,13-15H,3-4,9H2,1-2H3. The number of hydrogen-bond acceptors (Lipinski definition) is 3. The van der Waals surface area contributed by atoms with Crippen LogP contribution in [0.15, 0.2) is 29.2 Å². The molecule has 0 saturated heterocycles. The number of rotatable bonds is 6. The highest BCUT2D eigenvalue weighted by Crippen LogP contribution is 2.34. The van der Waals surface area contributed by atoms with E-state index in [0.717, 1.165) is 25.1 Å². The van der Waals surface area contributed by atoms with Crippen molar-refractivity contribution in [3.05, 3.63) is 24.3 Å². The molecule has 1 aromatic carbocycles. The second-order valence-corrected chi connectivity index (χ2v) is 6.40. The lowest BCUT2D eigenvalue weighted by molar-refractivity contribution is 0.576. The predicted octanol–water partition coefficient (Wildman–Crippen LogP) is 2.20. The predicted molar refractivity (Wildman–Crippen MR) is 73.1 cm³/mol. The second kappa shape index (κ2) is 5.28. The largest absolute Gasteiger partial charge is 0.385 e. The van der Waals surface area contributed by atoms with Crippen LogP contribution in [-0.4, -0.2) is 21.0 Å². The summed E-state index contributed by atoms with van der Waals surface area (Å²) < 4.78 is 26.9. The first kappa shape index (κ1) is 13.4. The first-order chi connectivity index (χ1) is 8.56. The second-order valence-electron chi connectivity index (χ2n) is 4.69. The maximum Gasteiger partial charge on any atom is 0.240 e. The van der Waals surface area contributed by atoms with Crippen LogP contribution >= 0.6 is 0 Å². The molecule has 2 unspecified atom stereocenters. The summed E-state index contributed by atoms with van der Waals surface area (Å²) in [7, 11) is -3.35. The van der Waals surface area contributed by atoms with Crippen LogP contribution in [0.25, 0.3) is 0 Å². The zero-order chi connectivity index (χ0) is 13.2. The molecule has 0 aliphatic heterocycles. The topological polar surface area (TPSA) is 58.2 Å². The van der Waals surface area contributed by atoms with Gasteiger partial charge in [-0.15, -0.1) is 0 Å². The van der Waals surface area contributed by atoms with Gasteiger partial charge in [0.05, 0.1) is 4.90 Å². The maximum atomic E-state index is 12.1. The van der Waals surface area contributed by atoms with Crippen LogP contribution in [0.3, 0.4) is 0 Å². The fourth-order valence-electron chi connectivity index (χ4n) is 2.07. The van der Waals surface area contributed by atoms with Crippen LogP contribution < -0.4 is 10.0 Å². The SMILES string of the molecule is CCNc1ccc(S(=O)(=O)NC2CC2CC)cc1. The van der Waals surface area contributed by atoms with Crippen LogP contribution in [0.5, 0.6) is 0 Å². The Morgan fingerprint density at radius 2 is 1.89 bits per heavy atom. The van der Waals surface area contributed by atoms with E-state index >= 15 is 0 Å². The Labute approximate surface area is 109 Å². The van der Waals surface area contributed by atoms with Crippen molar-refractivity contribution in [2.75, 3.05) is 11.9 Å². The third-order valence-corrected chi connectivity index (χ3v) is 4.80. The smallest absolute Gasteiger partial charge is 0.240 e. The number of benzene rings is 1. The molecule has 2 atom stereocenters. The highest BCUT2D eigenvalue weighted by molar-refractivity contribution is 7.89. The van der Waals surface area contributed by atoms with Crippen LogP contribution in [0.4, 0.5) is 5.69 Å². The highest BCUT2D eigenvalue weighted by atomic mass is 32.2. The highest BCUT2D eigenvalue weighted by Gasteiger charge is 2.38. The Bertz CT molecular complexity index is 496. The van der Waals surface area contributed by atoms with Crippen LogP contribution in [0.1, 0.15) is 26.7 Å². The van der Waals surface area contributed by atoms with Gasteiger partial charge in [0.15, 0.2) is 0 Å². The average Bonchev–Trinajstić information content (AvgIpc) is 3.08. The van der Waals surface area contributed by atoms with Crippen molar-refractivity contribution in [3.8, 4) is 0 Å². The molecule has 0 bridgehead atoms. The van der Waals surface area contributed by atoms with Gasteiger partial charge in [-0.3, -0.25) is 0 Å². The lowest BCUT2D eigenvalue weighted by atomic mass is 10.3. The minimum atomic E-state index is -3.35. The van der Waals surface area contributed by atoms with E-state index < -0.39 is 10.0 Å². The molecule has 18 heavy (non-hydrogen) atoms. The fraction of sp³-hybridized carbons (Fsp3) is 0.538. The molecule has 2 N–H and O–H groups in total. The summed E-state index contributed by atoms with van der Waals surface area (Å²) in [5, 5.41) is 3.14. The van der Waals surface area contributed by atoms with Crippen molar-refractivity contribution in [2.24, 2.45) is 5.92 Å². The van der Waals surface area contributed by atoms with E-state index in [1.165, 1.54) is 0 Å². The summed E-state index contributed by atoms with van der Waals surface area (Å²) in [5.41, 5.74) is 0.939. The lowest BCUT2D eigenvalue weighted by Gasteiger charge is -2.08. The van der Waals surface area contributed by atoms with Gasteiger partial charge < -0.3 is 5.32 Å². The van der Waals surface area contributed by atoms with Crippen molar-refractivity contribution >= 4 is 15.7 Å². The Balaban J connectivity index is 2.05. The average molecular weight is 268 g/mol. The molecule has 0 amide bonds. The summed E-state index contributed by atoms with van der Waals surface area (Å²) in [5.74, 6) is 0.515. The van der Waals surface area contributed by atoms with Crippen molar-refractivity contribution in [2.45, 2.75) is 37.6 Å². The third kappa shape index (κ3) is 3.03. The molecule has 100 valence electrons. The lowest BCUT2D eigenvalue weighted by Crippen LogP contribution is -2.27. The van der Waals surface area contributed by atoms with E-state index in [-0.39, 0.29) is 6.04 Å². The summed E-state index contributed by atoms with van der Waals surface area (Å²) in [4.78, 5) is 0.339. The van der Waals surface area contributed by atoms with Gasteiger partial charge in [-0.2, -0.15) is 0 Å². The molecule has 1 aliphatic rings.